The minimum Gasteiger partial charge on any atom is -0.344 e. The van der Waals surface area contributed by atoms with Gasteiger partial charge in [0.25, 0.3) is 0 Å². The fraction of sp³-hybridized carbons (Fsp3) is 0.846. The molecule has 3 heteroatoms. The molecule has 0 aliphatic rings. The molecule has 0 heterocycles. The van der Waals surface area contributed by atoms with E-state index in [1.807, 2.05) is 0 Å². The molecular weight excluding hydrogens is 219 g/mol. The highest BCUT2D eigenvalue weighted by Crippen LogP contribution is 2.36. The quantitative estimate of drug-likeness (QED) is 0.348. The Morgan fingerprint density at radius 3 is 2.06 bits per heavy atom. The van der Waals surface area contributed by atoms with Crippen LogP contribution in [0, 0.1) is 0 Å². The normalized spacial score (nSPS) is 15.4. The molecule has 0 aliphatic heterocycles. The molecule has 0 saturated heterocycles. The lowest BCUT2D eigenvalue weighted by Crippen LogP contribution is -1.86. The largest absolute Gasteiger partial charge is 0.344 e. The lowest BCUT2D eigenvalue weighted by atomic mass is 10.1. The van der Waals surface area contributed by atoms with Gasteiger partial charge in [0, 0.05) is 12.8 Å². The Bertz CT molecular complexity index is 218. The summed E-state index contributed by atoms with van der Waals surface area (Å²) >= 11 is 0. The zero-order valence-corrected chi connectivity index (χ0v) is 11.7. The van der Waals surface area contributed by atoms with Crippen LogP contribution in [0.1, 0.15) is 58.3 Å². The highest BCUT2D eigenvalue weighted by atomic mass is 31.2. The number of hydrogen-bond donors (Lipinski definition) is 1. The smallest absolute Gasteiger partial charge is 0.197 e. The van der Waals surface area contributed by atoms with E-state index < -0.39 is 7.37 Å². The number of rotatable bonds is 10. The molecular formula is C13H27O2P. The van der Waals surface area contributed by atoms with E-state index in [9.17, 15) is 4.57 Å². The minimum absolute atomic E-state index is 0.470. The lowest BCUT2D eigenvalue weighted by molar-refractivity contribution is 0.482. The SMILES string of the molecule is CCCCCC/C=C/CCCCP(C)(=O)O. The van der Waals surface area contributed by atoms with Gasteiger partial charge in [-0.05, 0) is 32.1 Å². The Labute approximate surface area is 101 Å². The molecule has 1 atom stereocenters. The predicted molar refractivity (Wildman–Crippen MR) is 72.4 cm³/mol. The molecule has 96 valence electrons. The summed E-state index contributed by atoms with van der Waals surface area (Å²) in [7, 11) is -2.76. The number of unbranched alkanes of at least 4 members (excludes halogenated alkanes) is 6. The molecule has 0 aromatic heterocycles. The van der Waals surface area contributed by atoms with Crippen molar-refractivity contribution in [2.75, 3.05) is 12.8 Å². The Hall–Kier alpha value is -0.0700. The minimum atomic E-state index is -2.76. The van der Waals surface area contributed by atoms with Gasteiger partial charge in [0.05, 0.1) is 0 Å². The average molecular weight is 246 g/mol. The van der Waals surface area contributed by atoms with E-state index in [1.54, 1.807) is 0 Å². The molecule has 0 spiro atoms. The van der Waals surface area contributed by atoms with Gasteiger partial charge in [-0.2, -0.15) is 0 Å². The third-order valence-electron chi connectivity index (χ3n) is 2.58. The maximum Gasteiger partial charge on any atom is 0.197 e. The van der Waals surface area contributed by atoms with Crippen LogP contribution in [0.5, 0.6) is 0 Å². The first kappa shape index (κ1) is 15.9. The van der Waals surface area contributed by atoms with E-state index in [0.29, 0.717) is 6.16 Å². The van der Waals surface area contributed by atoms with Crippen LogP contribution in [0.3, 0.4) is 0 Å². The van der Waals surface area contributed by atoms with Crippen molar-refractivity contribution in [3.63, 3.8) is 0 Å². The Kier molecular flexibility index (Phi) is 10.1. The van der Waals surface area contributed by atoms with Gasteiger partial charge in [0.2, 0.25) is 0 Å². The second-order valence-corrected chi connectivity index (χ2v) is 7.14. The van der Waals surface area contributed by atoms with E-state index >= 15 is 0 Å². The summed E-state index contributed by atoms with van der Waals surface area (Å²) in [6.07, 6.45) is 14.3. The predicted octanol–water partition coefficient (Wildman–Crippen LogP) is 4.58. The van der Waals surface area contributed by atoms with Crippen LogP contribution in [-0.4, -0.2) is 17.7 Å². The highest BCUT2D eigenvalue weighted by molar-refractivity contribution is 7.57. The van der Waals surface area contributed by atoms with Crippen molar-refractivity contribution in [1.29, 1.82) is 0 Å². The standard InChI is InChI=1S/C13H27O2P/c1-3-4-5-6-7-8-9-10-11-12-13-16(2,14)15/h8-9H,3-7,10-13H2,1-2H3,(H,14,15)/b9-8+. The second-order valence-electron chi connectivity index (χ2n) is 4.59. The van der Waals surface area contributed by atoms with E-state index in [1.165, 1.54) is 38.8 Å². The van der Waals surface area contributed by atoms with Crippen LogP contribution >= 0.6 is 7.37 Å². The van der Waals surface area contributed by atoms with Crippen LogP contribution in [-0.2, 0) is 4.57 Å². The third kappa shape index (κ3) is 13.9. The first-order valence-corrected chi connectivity index (χ1v) is 8.79. The molecule has 0 saturated carbocycles. The molecule has 16 heavy (non-hydrogen) atoms. The van der Waals surface area contributed by atoms with E-state index in [4.69, 9.17) is 4.89 Å². The van der Waals surface area contributed by atoms with Crippen LogP contribution in [0.2, 0.25) is 0 Å². The fourth-order valence-electron chi connectivity index (χ4n) is 1.59. The zero-order valence-electron chi connectivity index (χ0n) is 10.8. The summed E-state index contributed by atoms with van der Waals surface area (Å²) < 4.78 is 11.0. The number of hydrogen-bond acceptors (Lipinski definition) is 1. The van der Waals surface area contributed by atoms with Crippen LogP contribution in [0.25, 0.3) is 0 Å². The van der Waals surface area contributed by atoms with Crippen molar-refractivity contribution in [1.82, 2.24) is 0 Å². The molecule has 0 radical (unpaired) electrons. The van der Waals surface area contributed by atoms with Gasteiger partial charge in [-0.25, -0.2) is 0 Å². The Morgan fingerprint density at radius 1 is 1.00 bits per heavy atom. The first-order valence-electron chi connectivity index (χ1n) is 6.50. The Morgan fingerprint density at radius 2 is 1.56 bits per heavy atom. The molecule has 0 bridgehead atoms. The lowest BCUT2D eigenvalue weighted by Gasteiger charge is -2.02. The third-order valence-corrected chi connectivity index (χ3v) is 3.73. The van der Waals surface area contributed by atoms with Crippen molar-refractivity contribution >= 4 is 7.37 Å². The van der Waals surface area contributed by atoms with Crippen molar-refractivity contribution in [3.8, 4) is 0 Å². The molecule has 0 rings (SSSR count). The first-order chi connectivity index (χ1) is 7.56. The zero-order chi connectivity index (χ0) is 12.3. The summed E-state index contributed by atoms with van der Waals surface area (Å²) in [4.78, 5) is 9.08. The average Bonchev–Trinajstić information content (AvgIpc) is 2.19. The number of allylic oxidation sites excluding steroid dienone is 2. The molecule has 0 aromatic rings. The molecule has 2 nitrogen and oxygen atoms in total. The maximum atomic E-state index is 11.0. The van der Waals surface area contributed by atoms with E-state index in [2.05, 4.69) is 19.1 Å². The molecule has 0 aliphatic carbocycles. The van der Waals surface area contributed by atoms with E-state index in [0.717, 1.165) is 19.3 Å². The maximum absolute atomic E-state index is 11.0. The molecule has 0 fully saturated rings. The molecule has 0 aromatic carbocycles. The van der Waals surface area contributed by atoms with Gasteiger partial charge < -0.3 is 4.89 Å². The molecule has 1 unspecified atom stereocenters. The molecule has 0 amide bonds. The Balaban J connectivity index is 3.19. The van der Waals surface area contributed by atoms with Gasteiger partial charge >= 0.3 is 0 Å². The monoisotopic (exact) mass is 246 g/mol. The van der Waals surface area contributed by atoms with Crippen molar-refractivity contribution in [2.45, 2.75) is 58.3 Å². The van der Waals surface area contributed by atoms with Crippen LogP contribution < -0.4 is 0 Å². The van der Waals surface area contributed by atoms with Gasteiger partial charge in [-0.15, -0.1) is 0 Å². The van der Waals surface area contributed by atoms with Gasteiger partial charge in [0.15, 0.2) is 7.37 Å². The summed E-state index contributed by atoms with van der Waals surface area (Å²) in [5.41, 5.74) is 0. The molecule has 1 N–H and O–H groups in total. The van der Waals surface area contributed by atoms with Crippen molar-refractivity contribution < 1.29 is 9.46 Å². The fourth-order valence-corrected chi connectivity index (χ4v) is 2.40. The van der Waals surface area contributed by atoms with Gasteiger partial charge in [-0.1, -0.05) is 38.3 Å². The summed E-state index contributed by atoms with van der Waals surface area (Å²) in [5.74, 6) is 0. The van der Waals surface area contributed by atoms with E-state index in [-0.39, 0.29) is 0 Å². The summed E-state index contributed by atoms with van der Waals surface area (Å²) in [5, 5.41) is 0. The van der Waals surface area contributed by atoms with Crippen molar-refractivity contribution in [2.24, 2.45) is 0 Å². The van der Waals surface area contributed by atoms with Crippen molar-refractivity contribution in [3.05, 3.63) is 12.2 Å². The van der Waals surface area contributed by atoms with Gasteiger partial charge in [0.1, 0.15) is 0 Å². The van der Waals surface area contributed by atoms with Crippen LogP contribution in [0.15, 0.2) is 12.2 Å². The topological polar surface area (TPSA) is 37.3 Å². The second kappa shape index (κ2) is 10.1. The van der Waals surface area contributed by atoms with Gasteiger partial charge in [-0.3, -0.25) is 4.57 Å². The summed E-state index contributed by atoms with van der Waals surface area (Å²) in [6.45, 7) is 3.67. The summed E-state index contributed by atoms with van der Waals surface area (Å²) in [6, 6.07) is 0. The highest BCUT2D eigenvalue weighted by Gasteiger charge is 2.07. The van der Waals surface area contributed by atoms with Crippen LogP contribution in [0.4, 0.5) is 0 Å².